The number of sulfone groups is 1. The summed E-state index contributed by atoms with van der Waals surface area (Å²) < 4.78 is 44.8. The fraction of sp³-hybridized carbons (Fsp3) is 0.609. The third-order valence-corrected chi connectivity index (χ3v) is 9.51. The number of carbonyl (C=O) groups excluding carboxylic acids is 1. The maximum atomic E-state index is 14.0. The maximum absolute atomic E-state index is 14.0. The Bertz CT molecular complexity index is 1020. The van der Waals surface area contributed by atoms with E-state index in [1.54, 1.807) is 13.0 Å². The molecule has 1 fully saturated rings. The average molecular weight is 501 g/mol. The minimum absolute atomic E-state index is 0.0439. The molecule has 1 aliphatic heterocycles. The van der Waals surface area contributed by atoms with Crippen LogP contribution < -0.4 is 0 Å². The van der Waals surface area contributed by atoms with E-state index in [2.05, 4.69) is 0 Å². The minimum atomic E-state index is -3.88. The van der Waals surface area contributed by atoms with Gasteiger partial charge in [0.25, 0.3) is 0 Å². The number of aliphatic hydroxyl groups is 2. The first-order valence-electron chi connectivity index (χ1n) is 11.2. The number of hydrogen-bond donors (Lipinski definition) is 2. The first-order valence-corrected chi connectivity index (χ1v) is 13.2. The first-order chi connectivity index (χ1) is 15.8. The number of carbonyl (C=O) groups is 1. The van der Waals surface area contributed by atoms with Gasteiger partial charge in [0, 0.05) is 11.4 Å². The van der Waals surface area contributed by atoms with Crippen molar-refractivity contribution in [2.24, 2.45) is 0 Å². The van der Waals surface area contributed by atoms with Gasteiger partial charge in [0.1, 0.15) is 12.2 Å². The Labute approximate surface area is 198 Å². The van der Waals surface area contributed by atoms with Crippen LogP contribution in [-0.4, -0.2) is 67.7 Å². The van der Waals surface area contributed by atoms with Crippen molar-refractivity contribution < 1.29 is 37.6 Å². The molecule has 0 amide bonds. The second kappa shape index (κ2) is 9.64. The second-order valence-electron chi connectivity index (χ2n) is 8.62. The topological polar surface area (TPSA) is 119 Å². The number of benzene rings is 1. The molecule has 8 nitrogen and oxygen atoms in total. The fourth-order valence-electron chi connectivity index (χ4n) is 5.13. The monoisotopic (exact) mass is 500 g/mol. The average Bonchev–Trinajstić information content (AvgIpc) is 3.16. The van der Waals surface area contributed by atoms with Gasteiger partial charge >= 0.3 is 5.97 Å². The molecule has 0 radical (unpaired) electrons. The highest BCUT2D eigenvalue weighted by atomic mass is 35.5. The number of aliphatic hydroxyl groups excluding tert-OH is 2. The van der Waals surface area contributed by atoms with Gasteiger partial charge in [-0.05, 0) is 55.9 Å². The van der Waals surface area contributed by atoms with E-state index in [1.807, 2.05) is 12.1 Å². The summed E-state index contributed by atoms with van der Waals surface area (Å²) in [5.41, 5.74) is 1.48. The van der Waals surface area contributed by atoms with Crippen LogP contribution in [0.1, 0.15) is 49.0 Å². The van der Waals surface area contributed by atoms with Crippen LogP contribution in [0.5, 0.6) is 0 Å². The highest BCUT2D eigenvalue weighted by Crippen LogP contribution is 2.47. The molecule has 10 heteroatoms. The molecule has 1 heterocycles. The van der Waals surface area contributed by atoms with E-state index in [-0.39, 0.29) is 38.2 Å². The summed E-state index contributed by atoms with van der Waals surface area (Å²) in [4.78, 5) is 12.9. The van der Waals surface area contributed by atoms with Crippen LogP contribution >= 0.6 is 11.6 Å². The van der Waals surface area contributed by atoms with E-state index < -0.39 is 44.3 Å². The third-order valence-electron chi connectivity index (χ3n) is 6.64. The number of rotatable bonds is 6. The Hall–Kier alpha value is -1.49. The van der Waals surface area contributed by atoms with E-state index >= 15 is 0 Å². The molecule has 1 aromatic rings. The molecule has 1 aromatic carbocycles. The molecule has 2 unspecified atom stereocenters. The lowest BCUT2D eigenvalue weighted by molar-refractivity contribution is -0.154. The number of halogens is 1. The Kier molecular flexibility index (Phi) is 7.19. The molecule has 0 saturated carbocycles. The van der Waals surface area contributed by atoms with Crippen molar-refractivity contribution in [2.75, 3.05) is 19.8 Å². The number of fused-ring (bicyclic) bond motifs is 1. The predicted molar refractivity (Wildman–Crippen MR) is 120 cm³/mol. The van der Waals surface area contributed by atoms with Crippen molar-refractivity contribution in [3.63, 3.8) is 0 Å². The zero-order valence-electron chi connectivity index (χ0n) is 18.4. The van der Waals surface area contributed by atoms with Gasteiger partial charge in [0.15, 0.2) is 15.6 Å². The molecule has 3 aliphatic rings. The molecule has 2 aliphatic carbocycles. The maximum Gasteiger partial charge on any atom is 0.335 e. The summed E-state index contributed by atoms with van der Waals surface area (Å²) in [7, 11) is -3.88. The number of ether oxygens (including phenoxy) is 3. The predicted octanol–water partition coefficient (Wildman–Crippen LogP) is 2.25. The van der Waals surface area contributed by atoms with Gasteiger partial charge in [-0.15, -0.1) is 0 Å². The summed E-state index contributed by atoms with van der Waals surface area (Å²) in [6.45, 7) is 0.960. The summed E-state index contributed by atoms with van der Waals surface area (Å²) in [5, 5.41) is 17.6. The van der Waals surface area contributed by atoms with E-state index in [0.717, 1.165) is 12.0 Å². The van der Waals surface area contributed by atoms with Crippen molar-refractivity contribution in [3.05, 3.63) is 46.0 Å². The van der Waals surface area contributed by atoms with Crippen LogP contribution in [0.3, 0.4) is 0 Å². The minimum Gasteiger partial charge on any atom is -0.463 e. The van der Waals surface area contributed by atoms with Crippen LogP contribution in [-0.2, 0) is 35.3 Å². The molecular formula is C23H29ClO8S. The first kappa shape index (κ1) is 24.6. The zero-order chi connectivity index (χ0) is 23.8. The largest absolute Gasteiger partial charge is 0.463 e. The van der Waals surface area contributed by atoms with Crippen LogP contribution in [0.25, 0.3) is 0 Å². The molecule has 0 aromatic heterocycles. The summed E-state index contributed by atoms with van der Waals surface area (Å²) in [6.07, 6.45) is 1.89. The highest BCUT2D eigenvalue weighted by Gasteiger charge is 2.52. The van der Waals surface area contributed by atoms with Crippen LogP contribution in [0.4, 0.5) is 0 Å². The standard InChI is InChI=1S/C23H29ClO8S/c1-2-30-22(27)15-11-23(31-17(12-25)18(13-26)32-23)10-9-19(15)33(28,29)20-8-4-6-14-5-3-7-16(24)21(14)20/h3,5,7,11,17-20,25-26H,2,4,6,8-10,12-13H2,1H3/t17-,18-,19?,20?/m1/s1. The van der Waals surface area contributed by atoms with Gasteiger partial charge in [-0.1, -0.05) is 23.7 Å². The molecule has 2 N–H and O–H groups in total. The molecule has 4 rings (SSSR count). The number of hydrogen-bond acceptors (Lipinski definition) is 8. The number of esters is 1. The fourth-order valence-corrected chi connectivity index (χ4v) is 7.99. The van der Waals surface area contributed by atoms with Crippen molar-refractivity contribution in [3.8, 4) is 0 Å². The van der Waals surface area contributed by atoms with Crippen molar-refractivity contribution in [1.82, 2.24) is 0 Å². The van der Waals surface area contributed by atoms with E-state index in [9.17, 15) is 23.4 Å². The van der Waals surface area contributed by atoms with Gasteiger partial charge in [-0.3, -0.25) is 0 Å². The quantitative estimate of drug-likeness (QED) is 0.571. The second-order valence-corrected chi connectivity index (χ2v) is 11.3. The molecule has 1 saturated heterocycles. The van der Waals surface area contributed by atoms with Crippen LogP contribution in [0.2, 0.25) is 5.02 Å². The lowest BCUT2D eigenvalue weighted by atomic mass is 9.91. The Balaban J connectivity index is 1.74. The van der Waals surface area contributed by atoms with Crippen molar-refractivity contribution >= 4 is 27.4 Å². The van der Waals surface area contributed by atoms with Gasteiger partial charge in [-0.2, -0.15) is 0 Å². The van der Waals surface area contributed by atoms with Gasteiger partial charge in [0.2, 0.25) is 0 Å². The molecule has 1 spiro atoms. The van der Waals surface area contributed by atoms with E-state index in [1.165, 1.54) is 6.08 Å². The highest BCUT2D eigenvalue weighted by molar-refractivity contribution is 7.92. The molecule has 0 bridgehead atoms. The van der Waals surface area contributed by atoms with E-state index in [4.69, 9.17) is 25.8 Å². The van der Waals surface area contributed by atoms with Gasteiger partial charge < -0.3 is 24.4 Å². The Morgan fingerprint density at radius 3 is 2.52 bits per heavy atom. The molecule has 33 heavy (non-hydrogen) atoms. The smallest absolute Gasteiger partial charge is 0.335 e. The van der Waals surface area contributed by atoms with Crippen molar-refractivity contribution in [1.29, 1.82) is 0 Å². The van der Waals surface area contributed by atoms with Gasteiger partial charge in [0.05, 0.1) is 35.9 Å². The van der Waals surface area contributed by atoms with Crippen LogP contribution in [0.15, 0.2) is 29.8 Å². The molecule has 4 atom stereocenters. The third kappa shape index (κ3) is 4.47. The lowest BCUT2D eigenvalue weighted by Gasteiger charge is -2.36. The van der Waals surface area contributed by atoms with Gasteiger partial charge in [-0.25, -0.2) is 13.2 Å². The lowest BCUT2D eigenvalue weighted by Crippen LogP contribution is -2.42. The SMILES string of the molecule is CCOC(=O)C1=CC2(CCC1S(=O)(=O)C1CCCc3cccc(Cl)c31)O[C@H](CO)[C@@H](CO)O2. The van der Waals surface area contributed by atoms with E-state index in [0.29, 0.717) is 23.4 Å². The Morgan fingerprint density at radius 1 is 1.18 bits per heavy atom. The summed E-state index contributed by atoms with van der Waals surface area (Å²) >= 11 is 6.43. The van der Waals surface area contributed by atoms with Crippen molar-refractivity contribution in [2.45, 2.75) is 67.5 Å². The Morgan fingerprint density at radius 2 is 1.88 bits per heavy atom. The normalized spacial score (nSPS) is 28.9. The molecular weight excluding hydrogens is 472 g/mol. The number of aryl methyl sites for hydroxylation is 1. The summed E-state index contributed by atoms with van der Waals surface area (Å²) in [6, 6.07) is 5.40. The molecule has 182 valence electrons. The summed E-state index contributed by atoms with van der Waals surface area (Å²) in [5.74, 6) is -2.16. The van der Waals surface area contributed by atoms with Crippen LogP contribution in [0, 0.1) is 0 Å². The zero-order valence-corrected chi connectivity index (χ0v) is 20.0.